The predicted molar refractivity (Wildman–Crippen MR) is 111 cm³/mol. The van der Waals surface area contributed by atoms with E-state index in [4.69, 9.17) is 0 Å². The number of aryl methyl sites for hydroxylation is 2. The molecule has 1 N–H and O–H groups in total. The Balaban J connectivity index is 1.87. The van der Waals surface area contributed by atoms with Gasteiger partial charge in [0.05, 0.1) is 11.7 Å². The highest BCUT2D eigenvalue weighted by Crippen LogP contribution is 2.30. The fraction of sp³-hybridized carbons (Fsp3) is 0.381. The van der Waals surface area contributed by atoms with Crippen LogP contribution in [-0.2, 0) is 11.3 Å². The van der Waals surface area contributed by atoms with Gasteiger partial charge in [-0.3, -0.25) is 14.2 Å². The molecule has 3 aromatic rings. The van der Waals surface area contributed by atoms with Crippen molar-refractivity contribution in [3.63, 3.8) is 0 Å². The van der Waals surface area contributed by atoms with Crippen LogP contribution in [-0.4, -0.2) is 21.0 Å². The SMILES string of the molecule is CCC(C)(C)NC(=O)CCn1cnc2scc(-c3ccc(C)cc3)c2c1=O. The Morgan fingerprint density at radius 2 is 1.96 bits per heavy atom. The van der Waals surface area contributed by atoms with Crippen LogP contribution in [0.15, 0.2) is 40.8 Å². The van der Waals surface area contributed by atoms with Gasteiger partial charge in [-0.25, -0.2) is 4.98 Å². The van der Waals surface area contributed by atoms with Crippen molar-refractivity contribution >= 4 is 27.5 Å². The molecular weight excluding hydrogens is 358 g/mol. The number of benzene rings is 1. The lowest BCUT2D eigenvalue weighted by molar-refractivity contribution is -0.122. The van der Waals surface area contributed by atoms with Crippen molar-refractivity contribution in [2.75, 3.05) is 0 Å². The number of aromatic nitrogens is 2. The fourth-order valence-corrected chi connectivity index (χ4v) is 3.73. The second kappa shape index (κ2) is 7.64. The van der Waals surface area contributed by atoms with Crippen LogP contribution in [0.3, 0.4) is 0 Å². The average molecular weight is 384 g/mol. The summed E-state index contributed by atoms with van der Waals surface area (Å²) in [6.45, 7) is 8.37. The van der Waals surface area contributed by atoms with Gasteiger partial charge in [-0.1, -0.05) is 36.8 Å². The number of fused-ring (bicyclic) bond motifs is 1. The Labute approximate surface area is 163 Å². The van der Waals surface area contributed by atoms with Crippen molar-refractivity contribution in [3.8, 4) is 11.1 Å². The van der Waals surface area contributed by atoms with Crippen molar-refractivity contribution in [3.05, 3.63) is 51.9 Å². The van der Waals surface area contributed by atoms with Gasteiger partial charge in [0, 0.05) is 29.4 Å². The van der Waals surface area contributed by atoms with E-state index >= 15 is 0 Å². The summed E-state index contributed by atoms with van der Waals surface area (Å²) in [5.41, 5.74) is 2.74. The number of amides is 1. The summed E-state index contributed by atoms with van der Waals surface area (Å²) >= 11 is 1.47. The number of nitrogens with zero attached hydrogens (tertiary/aromatic N) is 2. The van der Waals surface area contributed by atoms with Gasteiger partial charge in [-0.05, 0) is 32.8 Å². The first-order chi connectivity index (χ1) is 12.8. The zero-order valence-electron chi connectivity index (χ0n) is 16.2. The highest BCUT2D eigenvalue weighted by molar-refractivity contribution is 7.17. The summed E-state index contributed by atoms with van der Waals surface area (Å²) in [6, 6.07) is 8.11. The van der Waals surface area contributed by atoms with E-state index in [0.29, 0.717) is 11.9 Å². The number of rotatable bonds is 6. The topological polar surface area (TPSA) is 64.0 Å². The zero-order chi connectivity index (χ0) is 19.6. The van der Waals surface area contributed by atoms with Crippen molar-refractivity contribution in [1.82, 2.24) is 14.9 Å². The molecular formula is C21H25N3O2S. The van der Waals surface area contributed by atoms with E-state index in [2.05, 4.69) is 10.3 Å². The molecule has 0 unspecified atom stereocenters. The molecule has 2 aromatic heterocycles. The Morgan fingerprint density at radius 3 is 2.63 bits per heavy atom. The molecule has 0 atom stereocenters. The van der Waals surface area contributed by atoms with Crippen LogP contribution in [0.2, 0.25) is 0 Å². The Bertz CT molecular complexity index is 1020. The van der Waals surface area contributed by atoms with E-state index in [1.165, 1.54) is 21.5 Å². The normalized spacial score (nSPS) is 11.7. The van der Waals surface area contributed by atoms with Gasteiger partial charge in [0.15, 0.2) is 0 Å². The average Bonchev–Trinajstić information content (AvgIpc) is 3.06. The maximum absolute atomic E-state index is 13.0. The van der Waals surface area contributed by atoms with Crippen LogP contribution in [0.5, 0.6) is 0 Å². The summed E-state index contributed by atoms with van der Waals surface area (Å²) < 4.78 is 1.53. The van der Waals surface area contributed by atoms with Crippen LogP contribution in [0.25, 0.3) is 21.3 Å². The minimum absolute atomic E-state index is 0.0575. The van der Waals surface area contributed by atoms with Crippen molar-refractivity contribution in [1.29, 1.82) is 0 Å². The van der Waals surface area contributed by atoms with Crippen LogP contribution in [0.1, 0.15) is 39.2 Å². The van der Waals surface area contributed by atoms with E-state index in [1.807, 2.05) is 57.3 Å². The number of hydrogen-bond acceptors (Lipinski definition) is 4. The Hall–Kier alpha value is -2.47. The Morgan fingerprint density at radius 1 is 1.26 bits per heavy atom. The summed E-state index contributed by atoms with van der Waals surface area (Å²) in [5.74, 6) is -0.0575. The second-order valence-corrected chi connectivity index (χ2v) is 8.33. The van der Waals surface area contributed by atoms with Crippen LogP contribution >= 0.6 is 11.3 Å². The number of carbonyl (C=O) groups excluding carboxylic acids is 1. The van der Waals surface area contributed by atoms with Gasteiger partial charge < -0.3 is 5.32 Å². The minimum atomic E-state index is -0.240. The molecule has 5 nitrogen and oxygen atoms in total. The van der Waals surface area contributed by atoms with E-state index < -0.39 is 0 Å². The number of hydrogen-bond donors (Lipinski definition) is 1. The van der Waals surface area contributed by atoms with Gasteiger partial charge in [0.2, 0.25) is 5.91 Å². The lowest BCUT2D eigenvalue weighted by Gasteiger charge is -2.24. The second-order valence-electron chi connectivity index (χ2n) is 7.47. The van der Waals surface area contributed by atoms with Crippen molar-refractivity contribution in [2.45, 2.75) is 52.6 Å². The van der Waals surface area contributed by atoms with Gasteiger partial charge in [0.25, 0.3) is 5.56 Å². The highest BCUT2D eigenvalue weighted by Gasteiger charge is 2.18. The van der Waals surface area contributed by atoms with Crippen LogP contribution < -0.4 is 10.9 Å². The van der Waals surface area contributed by atoms with E-state index in [1.54, 1.807) is 6.33 Å². The van der Waals surface area contributed by atoms with Crippen molar-refractivity contribution in [2.24, 2.45) is 0 Å². The van der Waals surface area contributed by atoms with E-state index in [0.717, 1.165) is 22.4 Å². The third-order valence-electron chi connectivity index (χ3n) is 4.86. The van der Waals surface area contributed by atoms with Gasteiger partial charge >= 0.3 is 0 Å². The maximum atomic E-state index is 13.0. The molecule has 6 heteroatoms. The lowest BCUT2D eigenvalue weighted by Crippen LogP contribution is -2.43. The highest BCUT2D eigenvalue weighted by atomic mass is 32.1. The molecule has 0 saturated carbocycles. The largest absolute Gasteiger partial charge is 0.351 e. The number of nitrogens with one attached hydrogen (secondary N) is 1. The molecule has 0 aliphatic heterocycles. The molecule has 0 radical (unpaired) electrons. The molecule has 1 amide bonds. The lowest BCUT2D eigenvalue weighted by atomic mass is 10.0. The smallest absolute Gasteiger partial charge is 0.262 e. The van der Waals surface area contributed by atoms with Gasteiger partial charge in [-0.15, -0.1) is 11.3 Å². The third-order valence-corrected chi connectivity index (χ3v) is 5.75. The summed E-state index contributed by atoms with van der Waals surface area (Å²) in [6.07, 6.45) is 2.64. The molecule has 142 valence electrons. The first kappa shape index (κ1) is 19.3. The predicted octanol–water partition coefficient (Wildman–Crippen LogP) is 4.13. The quantitative estimate of drug-likeness (QED) is 0.696. The first-order valence-corrected chi connectivity index (χ1v) is 10.0. The molecule has 0 spiro atoms. The summed E-state index contributed by atoms with van der Waals surface area (Å²) in [5, 5.41) is 5.60. The van der Waals surface area contributed by atoms with Crippen LogP contribution in [0, 0.1) is 6.92 Å². The number of thiophene rings is 1. The van der Waals surface area contributed by atoms with Gasteiger partial charge in [0.1, 0.15) is 4.83 Å². The molecule has 1 aromatic carbocycles. The monoisotopic (exact) mass is 383 g/mol. The molecule has 0 saturated heterocycles. The van der Waals surface area contributed by atoms with E-state index in [-0.39, 0.29) is 23.4 Å². The molecule has 0 bridgehead atoms. The molecule has 2 heterocycles. The zero-order valence-corrected chi connectivity index (χ0v) is 17.0. The molecule has 0 fully saturated rings. The van der Waals surface area contributed by atoms with E-state index in [9.17, 15) is 9.59 Å². The molecule has 3 rings (SSSR count). The maximum Gasteiger partial charge on any atom is 0.262 e. The molecule has 0 aliphatic rings. The van der Waals surface area contributed by atoms with Crippen molar-refractivity contribution < 1.29 is 4.79 Å². The third kappa shape index (κ3) is 4.27. The minimum Gasteiger partial charge on any atom is -0.351 e. The summed E-state index contributed by atoms with van der Waals surface area (Å²) in [7, 11) is 0. The molecule has 0 aliphatic carbocycles. The standard InChI is InChI=1S/C21H25N3O2S/c1-5-21(3,4)23-17(25)10-11-24-13-22-19-18(20(24)26)16(12-27-19)15-8-6-14(2)7-9-15/h6-9,12-13H,5,10-11H2,1-4H3,(H,23,25). The number of carbonyl (C=O) groups is 1. The fourth-order valence-electron chi connectivity index (χ4n) is 2.82. The first-order valence-electron chi connectivity index (χ1n) is 9.15. The molecule has 27 heavy (non-hydrogen) atoms. The van der Waals surface area contributed by atoms with Crippen LogP contribution in [0.4, 0.5) is 0 Å². The Kier molecular flexibility index (Phi) is 5.46. The van der Waals surface area contributed by atoms with Gasteiger partial charge in [-0.2, -0.15) is 0 Å². The summed E-state index contributed by atoms with van der Waals surface area (Å²) in [4.78, 5) is 30.3.